The number of ketones is 1. The van der Waals surface area contributed by atoms with Crippen LogP contribution in [0.2, 0.25) is 0 Å². The lowest BCUT2D eigenvalue weighted by molar-refractivity contribution is -0.127. The molecule has 1 aliphatic heterocycles. The molecule has 3 aliphatic rings. The van der Waals surface area contributed by atoms with Gasteiger partial charge in [0.15, 0.2) is 5.78 Å². The maximum absolute atomic E-state index is 13.6. The third-order valence-corrected chi connectivity index (χ3v) is 7.69. The molecule has 0 radical (unpaired) electrons. The smallest absolute Gasteiger partial charge is 0.250 e. The third kappa shape index (κ3) is 4.33. The molecule has 31 heavy (non-hydrogen) atoms. The van der Waals surface area contributed by atoms with Crippen LogP contribution in [0.1, 0.15) is 64.9 Å². The number of rotatable bonds is 3. The van der Waals surface area contributed by atoms with Crippen molar-refractivity contribution in [2.24, 2.45) is 11.3 Å². The van der Waals surface area contributed by atoms with Crippen molar-refractivity contribution in [1.29, 1.82) is 0 Å². The second kappa shape index (κ2) is 8.61. The van der Waals surface area contributed by atoms with E-state index in [0.717, 1.165) is 61.8 Å². The van der Waals surface area contributed by atoms with Crippen LogP contribution in [0.3, 0.4) is 0 Å². The van der Waals surface area contributed by atoms with Crippen molar-refractivity contribution in [3.8, 4) is 0 Å². The summed E-state index contributed by atoms with van der Waals surface area (Å²) in [6.45, 7) is 11.6. The third-order valence-electron chi connectivity index (χ3n) is 7.69. The summed E-state index contributed by atoms with van der Waals surface area (Å²) in [5, 5.41) is 0. The van der Waals surface area contributed by atoms with Crippen LogP contribution < -0.4 is 0 Å². The molecule has 3 nitrogen and oxygen atoms in total. The van der Waals surface area contributed by atoms with E-state index < -0.39 is 0 Å². The zero-order chi connectivity index (χ0) is 22.2. The lowest BCUT2D eigenvalue weighted by atomic mass is 9.62. The number of benzene rings is 1. The monoisotopic (exact) mass is 417 g/mol. The average molecular weight is 418 g/mol. The van der Waals surface area contributed by atoms with Gasteiger partial charge >= 0.3 is 0 Å². The number of hydrogen-bond donors (Lipinski definition) is 0. The molecule has 2 atom stereocenters. The fourth-order valence-corrected chi connectivity index (χ4v) is 6.02. The molecule has 1 aromatic carbocycles. The van der Waals surface area contributed by atoms with Crippen molar-refractivity contribution in [3.63, 3.8) is 0 Å². The zero-order valence-electron chi connectivity index (χ0n) is 19.2. The Hall–Kier alpha value is -2.42. The van der Waals surface area contributed by atoms with Crippen LogP contribution >= 0.6 is 0 Å². The van der Waals surface area contributed by atoms with Crippen LogP contribution in [0.4, 0.5) is 0 Å². The summed E-state index contributed by atoms with van der Waals surface area (Å²) in [6.07, 6.45) is 7.71. The van der Waals surface area contributed by atoms with E-state index in [1.807, 2.05) is 13.0 Å². The molecule has 1 aromatic rings. The first-order valence-electron chi connectivity index (χ1n) is 11.7. The highest BCUT2D eigenvalue weighted by Gasteiger charge is 2.49. The maximum Gasteiger partial charge on any atom is 0.250 e. The minimum Gasteiger partial charge on any atom is -0.332 e. The molecule has 0 fully saturated rings. The highest BCUT2D eigenvalue weighted by Crippen LogP contribution is 2.53. The quantitative estimate of drug-likeness (QED) is 0.581. The molecule has 0 N–H and O–H groups in total. The normalized spacial score (nSPS) is 26.5. The number of hydrogen-bond acceptors (Lipinski definition) is 2. The minimum atomic E-state index is -0.0147. The van der Waals surface area contributed by atoms with Gasteiger partial charge < -0.3 is 4.90 Å². The van der Waals surface area contributed by atoms with E-state index in [0.29, 0.717) is 12.3 Å². The van der Waals surface area contributed by atoms with Crippen LogP contribution in [0.25, 0.3) is 0 Å². The molecule has 0 aromatic heterocycles. The van der Waals surface area contributed by atoms with Crippen molar-refractivity contribution in [3.05, 3.63) is 70.8 Å². The summed E-state index contributed by atoms with van der Waals surface area (Å²) in [4.78, 5) is 28.2. The van der Waals surface area contributed by atoms with Gasteiger partial charge in [0, 0.05) is 18.5 Å². The first kappa shape index (κ1) is 21.8. The number of allylic oxidation sites excluding steroid dienone is 2. The summed E-state index contributed by atoms with van der Waals surface area (Å²) in [5.74, 6) is 0.883. The molecule has 164 valence electrons. The Morgan fingerprint density at radius 3 is 2.55 bits per heavy atom. The van der Waals surface area contributed by atoms with Gasteiger partial charge in [-0.05, 0) is 74.0 Å². The molecule has 2 aliphatic carbocycles. The lowest BCUT2D eigenvalue weighted by Crippen LogP contribution is -2.41. The van der Waals surface area contributed by atoms with E-state index in [1.165, 1.54) is 11.1 Å². The average Bonchev–Trinajstić information content (AvgIpc) is 2.97. The van der Waals surface area contributed by atoms with Crippen LogP contribution in [0, 0.1) is 11.3 Å². The van der Waals surface area contributed by atoms with E-state index in [1.54, 1.807) is 6.08 Å². The fourth-order valence-electron chi connectivity index (χ4n) is 6.02. The zero-order valence-corrected chi connectivity index (χ0v) is 19.2. The second-order valence-electron chi connectivity index (χ2n) is 10.2. The van der Waals surface area contributed by atoms with E-state index >= 15 is 0 Å². The van der Waals surface area contributed by atoms with E-state index in [-0.39, 0.29) is 23.1 Å². The van der Waals surface area contributed by atoms with Gasteiger partial charge in [0.25, 0.3) is 0 Å². The molecule has 1 heterocycles. The highest BCUT2D eigenvalue weighted by molar-refractivity contribution is 5.98. The van der Waals surface area contributed by atoms with Crippen LogP contribution in [0.15, 0.2) is 65.3 Å². The van der Waals surface area contributed by atoms with Crippen LogP contribution in [0.5, 0.6) is 0 Å². The largest absolute Gasteiger partial charge is 0.332 e. The number of carbonyl (C=O) groups excluding carboxylic acids is 2. The summed E-state index contributed by atoms with van der Waals surface area (Å²) >= 11 is 0. The van der Waals surface area contributed by atoms with Gasteiger partial charge in [0.2, 0.25) is 5.91 Å². The summed E-state index contributed by atoms with van der Waals surface area (Å²) < 4.78 is 0. The Labute approximate surface area is 186 Å². The molecule has 4 rings (SSSR count). The van der Waals surface area contributed by atoms with Crippen molar-refractivity contribution < 1.29 is 9.59 Å². The summed E-state index contributed by atoms with van der Waals surface area (Å²) in [7, 11) is 0. The molecule has 3 heteroatoms. The van der Waals surface area contributed by atoms with E-state index in [2.05, 4.69) is 49.6 Å². The number of carbonyl (C=O) groups is 2. The second-order valence-corrected chi connectivity index (χ2v) is 10.2. The van der Waals surface area contributed by atoms with Gasteiger partial charge in [-0.2, -0.15) is 0 Å². The Balaban J connectivity index is 1.70. The van der Waals surface area contributed by atoms with E-state index in [4.69, 9.17) is 0 Å². The van der Waals surface area contributed by atoms with E-state index in [9.17, 15) is 9.59 Å². The lowest BCUT2D eigenvalue weighted by Gasteiger charge is -2.43. The van der Waals surface area contributed by atoms with Gasteiger partial charge in [-0.25, -0.2) is 0 Å². The van der Waals surface area contributed by atoms with Crippen molar-refractivity contribution in [2.45, 2.75) is 71.8 Å². The SMILES string of the molecule is C=C1CC[C@H]2CCC3=C([C@H](CC(C)=CC(=O)C1)N(CCc1ccccc1)C3=O)C2(C)C. The fraction of sp³-hybridized carbons (Fsp3) is 0.500. The standard InChI is InChI=1S/C28H35NO2/c1-19-10-11-22-12-13-24-26(28(22,3)4)25(18-20(2)17-23(30)16-19)29(27(24)31)15-14-21-8-6-5-7-9-21/h5-9,17,22,25H,1,10-16,18H2,2-4H3/t22-,25-/m0/s1. The molecule has 0 saturated carbocycles. The Morgan fingerprint density at radius 1 is 1.10 bits per heavy atom. The van der Waals surface area contributed by atoms with Crippen molar-refractivity contribution in [1.82, 2.24) is 4.90 Å². The Bertz CT molecular complexity index is 950. The molecular formula is C28H35NO2. The number of fused-ring (bicyclic) bond motifs is 1. The van der Waals surface area contributed by atoms with Crippen LogP contribution in [-0.4, -0.2) is 29.2 Å². The van der Waals surface area contributed by atoms with Crippen LogP contribution in [-0.2, 0) is 16.0 Å². The Kier molecular flexibility index (Phi) is 6.05. The van der Waals surface area contributed by atoms with Gasteiger partial charge in [0.1, 0.15) is 0 Å². The Morgan fingerprint density at radius 2 is 1.81 bits per heavy atom. The number of amides is 1. The van der Waals surface area contributed by atoms with Crippen molar-refractivity contribution in [2.75, 3.05) is 6.54 Å². The van der Waals surface area contributed by atoms with Gasteiger partial charge in [-0.1, -0.05) is 61.9 Å². The molecule has 1 amide bonds. The molecular weight excluding hydrogens is 382 g/mol. The first-order valence-corrected chi connectivity index (χ1v) is 11.7. The van der Waals surface area contributed by atoms with Gasteiger partial charge in [-0.15, -0.1) is 0 Å². The van der Waals surface area contributed by atoms with Gasteiger partial charge in [0.05, 0.1) is 6.04 Å². The molecule has 0 unspecified atom stereocenters. The van der Waals surface area contributed by atoms with Gasteiger partial charge in [-0.3, -0.25) is 9.59 Å². The summed E-state index contributed by atoms with van der Waals surface area (Å²) in [5.41, 5.74) is 5.73. The predicted octanol–water partition coefficient (Wildman–Crippen LogP) is 5.82. The highest BCUT2D eigenvalue weighted by atomic mass is 16.2. The van der Waals surface area contributed by atoms with Crippen molar-refractivity contribution >= 4 is 11.7 Å². The maximum atomic E-state index is 13.6. The molecule has 0 spiro atoms. The topological polar surface area (TPSA) is 37.4 Å². The molecule has 0 saturated heterocycles. The first-order chi connectivity index (χ1) is 14.8. The minimum absolute atomic E-state index is 0.0147. The number of nitrogens with zero attached hydrogens (tertiary/aromatic N) is 1. The predicted molar refractivity (Wildman–Crippen MR) is 126 cm³/mol. The summed E-state index contributed by atoms with van der Waals surface area (Å²) in [6, 6.07) is 10.5. The molecule has 2 bridgehead atoms.